The third-order valence-electron chi connectivity index (χ3n) is 4.77. The van der Waals surface area contributed by atoms with E-state index in [1.807, 2.05) is 35.2 Å². The lowest BCUT2D eigenvalue weighted by Gasteiger charge is -2.34. The second-order valence-electron chi connectivity index (χ2n) is 6.89. The number of rotatable bonds is 6. The van der Waals surface area contributed by atoms with Crippen LogP contribution in [0.3, 0.4) is 0 Å². The molecule has 0 radical (unpaired) electrons. The van der Waals surface area contributed by atoms with E-state index in [1.165, 1.54) is 22.5 Å². The Morgan fingerprint density at radius 2 is 1.77 bits per heavy atom. The molecule has 2 aromatic heterocycles. The van der Waals surface area contributed by atoms with E-state index in [9.17, 15) is 12.8 Å². The van der Waals surface area contributed by atoms with E-state index in [-0.39, 0.29) is 5.75 Å². The van der Waals surface area contributed by atoms with Crippen molar-refractivity contribution in [3.05, 3.63) is 72.2 Å². The number of piperazine rings is 1. The molecule has 0 bridgehead atoms. The molecule has 10 heteroatoms. The SMILES string of the molecule is O=S(=O)(Cc1cccc(F)c1)N1CCN(c2ccc(Nc3ccccn3)nn2)CC1. The first-order chi connectivity index (χ1) is 14.5. The van der Waals surface area contributed by atoms with Crippen LogP contribution in [0.4, 0.5) is 21.8 Å². The Morgan fingerprint density at radius 1 is 0.933 bits per heavy atom. The van der Waals surface area contributed by atoms with Crippen LogP contribution in [0.25, 0.3) is 0 Å². The summed E-state index contributed by atoms with van der Waals surface area (Å²) in [6.07, 6.45) is 1.69. The minimum Gasteiger partial charge on any atom is -0.352 e. The molecule has 0 saturated carbocycles. The van der Waals surface area contributed by atoms with Crippen molar-refractivity contribution in [1.29, 1.82) is 0 Å². The first-order valence-electron chi connectivity index (χ1n) is 9.49. The highest BCUT2D eigenvalue weighted by Gasteiger charge is 2.27. The zero-order valence-electron chi connectivity index (χ0n) is 16.1. The summed E-state index contributed by atoms with van der Waals surface area (Å²) in [6.45, 7) is 1.69. The third kappa shape index (κ3) is 4.89. The first-order valence-corrected chi connectivity index (χ1v) is 11.1. The van der Waals surface area contributed by atoms with Crippen LogP contribution in [-0.4, -0.2) is 54.1 Å². The fraction of sp³-hybridized carbons (Fsp3) is 0.250. The number of hydrogen-bond acceptors (Lipinski definition) is 7. The molecule has 4 rings (SSSR count). The molecule has 1 aromatic carbocycles. The highest BCUT2D eigenvalue weighted by Crippen LogP contribution is 2.19. The molecular weight excluding hydrogens is 407 g/mol. The van der Waals surface area contributed by atoms with Gasteiger partial charge in [-0.2, -0.15) is 4.31 Å². The number of nitrogens with one attached hydrogen (secondary N) is 1. The molecule has 0 amide bonds. The van der Waals surface area contributed by atoms with Crippen molar-refractivity contribution in [3.8, 4) is 0 Å². The van der Waals surface area contributed by atoms with Gasteiger partial charge in [-0.05, 0) is 42.0 Å². The molecule has 0 aliphatic carbocycles. The van der Waals surface area contributed by atoms with Gasteiger partial charge in [0.05, 0.1) is 5.75 Å². The quantitative estimate of drug-likeness (QED) is 0.645. The fourth-order valence-electron chi connectivity index (χ4n) is 3.25. The van der Waals surface area contributed by atoms with Gasteiger partial charge in [-0.25, -0.2) is 17.8 Å². The molecule has 156 valence electrons. The van der Waals surface area contributed by atoms with Gasteiger partial charge in [0.25, 0.3) is 0 Å². The Balaban J connectivity index is 1.35. The predicted octanol–water partition coefficient (Wildman–Crippen LogP) is 2.41. The smallest absolute Gasteiger partial charge is 0.218 e. The summed E-state index contributed by atoms with van der Waals surface area (Å²) in [7, 11) is -3.51. The van der Waals surface area contributed by atoms with Gasteiger partial charge in [0.15, 0.2) is 11.6 Å². The predicted molar refractivity (Wildman–Crippen MR) is 112 cm³/mol. The number of anilines is 3. The maximum absolute atomic E-state index is 13.3. The van der Waals surface area contributed by atoms with E-state index in [0.717, 1.165) is 0 Å². The Labute approximate surface area is 174 Å². The maximum Gasteiger partial charge on any atom is 0.218 e. The van der Waals surface area contributed by atoms with Gasteiger partial charge < -0.3 is 10.2 Å². The Bertz CT molecular complexity index is 1090. The number of nitrogens with zero attached hydrogens (tertiary/aromatic N) is 5. The van der Waals surface area contributed by atoms with E-state index in [2.05, 4.69) is 20.5 Å². The molecule has 8 nitrogen and oxygen atoms in total. The van der Waals surface area contributed by atoms with Gasteiger partial charge in [-0.1, -0.05) is 18.2 Å². The van der Waals surface area contributed by atoms with Gasteiger partial charge in [0, 0.05) is 32.4 Å². The van der Waals surface area contributed by atoms with Crippen molar-refractivity contribution in [2.45, 2.75) is 5.75 Å². The lowest BCUT2D eigenvalue weighted by Crippen LogP contribution is -2.49. The number of pyridine rings is 1. The van der Waals surface area contributed by atoms with E-state index >= 15 is 0 Å². The molecule has 3 aromatic rings. The topological polar surface area (TPSA) is 91.3 Å². The van der Waals surface area contributed by atoms with Gasteiger partial charge in [-0.15, -0.1) is 10.2 Å². The lowest BCUT2D eigenvalue weighted by atomic mass is 10.2. The normalized spacial score (nSPS) is 15.2. The van der Waals surface area contributed by atoms with E-state index in [4.69, 9.17) is 0 Å². The summed E-state index contributed by atoms with van der Waals surface area (Å²) in [5, 5.41) is 11.5. The lowest BCUT2D eigenvalue weighted by molar-refractivity contribution is 0.383. The number of benzene rings is 1. The summed E-state index contributed by atoms with van der Waals surface area (Å²) in [5.41, 5.74) is 0.444. The molecule has 0 atom stereocenters. The van der Waals surface area contributed by atoms with Crippen LogP contribution < -0.4 is 10.2 Å². The average molecular weight is 428 g/mol. The zero-order chi connectivity index (χ0) is 21.0. The van der Waals surface area contributed by atoms with Crippen LogP contribution in [0.1, 0.15) is 5.56 Å². The van der Waals surface area contributed by atoms with E-state index in [1.54, 1.807) is 12.3 Å². The van der Waals surface area contributed by atoms with Crippen LogP contribution in [-0.2, 0) is 15.8 Å². The molecular formula is C20H21FN6O2S. The third-order valence-corrected chi connectivity index (χ3v) is 6.62. The summed E-state index contributed by atoms with van der Waals surface area (Å²) < 4.78 is 40.1. The Morgan fingerprint density at radius 3 is 2.43 bits per heavy atom. The van der Waals surface area contributed by atoms with Crippen molar-refractivity contribution in [1.82, 2.24) is 19.5 Å². The minimum atomic E-state index is -3.51. The van der Waals surface area contributed by atoms with Crippen LogP contribution in [0, 0.1) is 5.82 Å². The van der Waals surface area contributed by atoms with Gasteiger partial charge in [-0.3, -0.25) is 0 Å². The number of aromatic nitrogens is 3. The van der Waals surface area contributed by atoms with Crippen LogP contribution in [0.2, 0.25) is 0 Å². The van der Waals surface area contributed by atoms with Crippen molar-refractivity contribution in [2.24, 2.45) is 0 Å². The number of sulfonamides is 1. The average Bonchev–Trinajstić information content (AvgIpc) is 2.75. The van der Waals surface area contributed by atoms with E-state index in [0.29, 0.717) is 49.2 Å². The second kappa shape index (κ2) is 8.72. The van der Waals surface area contributed by atoms with Crippen LogP contribution in [0.5, 0.6) is 0 Å². The molecule has 0 spiro atoms. The minimum absolute atomic E-state index is 0.210. The van der Waals surface area contributed by atoms with E-state index < -0.39 is 15.8 Å². The molecule has 30 heavy (non-hydrogen) atoms. The van der Waals surface area contributed by atoms with Gasteiger partial charge in [0.2, 0.25) is 10.0 Å². The van der Waals surface area contributed by atoms with Gasteiger partial charge in [0.1, 0.15) is 11.6 Å². The largest absolute Gasteiger partial charge is 0.352 e. The Kier molecular flexibility index (Phi) is 5.86. The molecule has 1 aliphatic heterocycles. The molecule has 1 fully saturated rings. The highest BCUT2D eigenvalue weighted by atomic mass is 32.2. The Hall–Kier alpha value is -3.11. The first kappa shape index (κ1) is 20.2. The monoisotopic (exact) mass is 428 g/mol. The summed E-state index contributed by atoms with van der Waals surface area (Å²) in [6, 6.07) is 14.9. The fourth-order valence-corrected chi connectivity index (χ4v) is 4.76. The molecule has 1 N–H and O–H groups in total. The molecule has 1 aliphatic rings. The zero-order valence-corrected chi connectivity index (χ0v) is 17.0. The van der Waals surface area contributed by atoms with Crippen LogP contribution in [0.15, 0.2) is 60.8 Å². The van der Waals surface area contributed by atoms with Crippen molar-refractivity contribution in [3.63, 3.8) is 0 Å². The number of hydrogen-bond donors (Lipinski definition) is 1. The van der Waals surface area contributed by atoms with Crippen molar-refractivity contribution >= 4 is 27.5 Å². The van der Waals surface area contributed by atoms with Crippen molar-refractivity contribution < 1.29 is 12.8 Å². The second-order valence-corrected chi connectivity index (χ2v) is 8.86. The summed E-state index contributed by atoms with van der Waals surface area (Å²) >= 11 is 0. The molecule has 0 unspecified atom stereocenters. The number of halogens is 1. The summed E-state index contributed by atoms with van der Waals surface area (Å²) in [4.78, 5) is 6.17. The summed E-state index contributed by atoms with van der Waals surface area (Å²) in [5.74, 6) is 1.29. The maximum atomic E-state index is 13.3. The molecule has 3 heterocycles. The standard InChI is InChI=1S/C20H21FN6O2S/c21-17-5-3-4-16(14-17)15-30(28,29)27-12-10-26(11-13-27)20-8-7-19(24-25-20)23-18-6-1-2-9-22-18/h1-9,14H,10-13,15H2,(H,22,23,24). The van der Waals surface area contributed by atoms with Crippen LogP contribution >= 0.6 is 0 Å². The van der Waals surface area contributed by atoms with Crippen molar-refractivity contribution in [2.75, 3.05) is 36.4 Å². The van der Waals surface area contributed by atoms with Gasteiger partial charge >= 0.3 is 0 Å². The molecule has 1 saturated heterocycles. The highest BCUT2D eigenvalue weighted by molar-refractivity contribution is 7.88.